The Morgan fingerprint density at radius 2 is 0.590 bits per heavy atom. The fourth-order valence-corrected chi connectivity index (χ4v) is 13.5. The van der Waals surface area contributed by atoms with E-state index in [2.05, 4.69) is 72.8 Å². The van der Waals surface area contributed by atoms with E-state index in [-0.39, 0.29) is 25.7 Å². The van der Waals surface area contributed by atoms with Crippen molar-refractivity contribution in [2.24, 2.45) is 17.8 Å². The van der Waals surface area contributed by atoms with Crippen LogP contribution in [0, 0.1) is 17.8 Å². The minimum atomic E-state index is -4.97. The molecule has 0 aromatic heterocycles. The Bertz CT molecular complexity index is 2040. The maximum absolute atomic E-state index is 13.1. The van der Waals surface area contributed by atoms with Crippen LogP contribution in [0.5, 0.6) is 0 Å². The summed E-state index contributed by atoms with van der Waals surface area (Å²) >= 11 is 0. The Morgan fingerprint density at radius 3 is 0.890 bits per heavy atom. The highest BCUT2D eigenvalue weighted by Gasteiger charge is 2.30. The number of ether oxygens (including phenoxy) is 4. The fraction of sp³-hybridized carbons (Fsp3) is 0.901. The first-order chi connectivity index (χ1) is 48.3. The smallest absolute Gasteiger partial charge is 0.462 e. The highest BCUT2D eigenvalue weighted by Crippen LogP contribution is 2.45. The maximum atomic E-state index is 13.1. The van der Waals surface area contributed by atoms with Gasteiger partial charge in [0.05, 0.1) is 26.4 Å². The fourth-order valence-electron chi connectivity index (χ4n) is 11.9. The van der Waals surface area contributed by atoms with Crippen LogP contribution in [0.1, 0.15) is 395 Å². The molecule has 0 radical (unpaired) electrons. The van der Waals surface area contributed by atoms with E-state index in [1.165, 1.54) is 180 Å². The number of hydrogen-bond donors (Lipinski definition) is 3. The van der Waals surface area contributed by atoms with E-state index in [1.54, 1.807) is 0 Å². The maximum Gasteiger partial charge on any atom is 0.472 e. The molecule has 0 rings (SSSR count). The molecular weight excluding hydrogens is 1310 g/mol. The van der Waals surface area contributed by atoms with Crippen LogP contribution in [0.2, 0.25) is 0 Å². The SMILES string of the molecule is CCCCCC/C=C\C=C/CCCCCCCC(=O)OC[C@H](COP(=O)(O)OC[C@@H](O)COP(=O)(O)OC[C@@H](COC(=O)CCCCCCCCC(C)CC)OC(=O)CCCCCCCCCCCCCCCCC(C)C)OC(=O)CCCCCCCCCCCCCCCCCC(C)C. The first-order valence-electron chi connectivity index (χ1n) is 41.2. The molecule has 0 saturated heterocycles. The Morgan fingerprint density at radius 1 is 0.330 bits per heavy atom. The number of esters is 4. The van der Waals surface area contributed by atoms with E-state index in [1.807, 2.05) is 0 Å². The standard InChI is InChI=1S/C81H154O17P2/c1-8-10-11-12-13-14-15-16-18-25-30-35-40-48-55-62-78(83)91-68-76(97-80(85)64-57-50-41-36-31-26-20-17-19-23-28-33-38-45-52-59-72(3)4)70-95-99(87,88)93-66-75(82)67-94-100(89,90)96-71-77(69-92-79(84)63-56-49-44-43-47-54-61-74(7)9-2)98-81(86)65-58-51-42-37-32-27-22-21-24-29-34-39-46-53-60-73(5)6/h14-16,18,72-77,82H,8-13,17,19-71H2,1-7H3,(H,87,88)(H,89,90)/b15-14-,18-16-/t74?,75-,76-,77-/m1/s1. The quantitative estimate of drug-likeness (QED) is 0.0169. The van der Waals surface area contributed by atoms with Gasteiger partial charge < -0.3 is 33.8 Å². The van der Waals surface area contributed by atoms with Gasteiger partial charge in [-0.2, -0.15) is 0 Å². The van der Waals surface area contributed by atoms with Crippen LogP contribution >= 0.6 is 15.6 Å². The summed E-state index contributed by atoms with van der Waals surface area (Å²) in [6.07, 6.45) is 61.8. The average Bonchev–Trinajstić information content (AvgIpc) is 0.931. The molecule has 3 unspecified atom stereocenters. The molecule has 17 nitrogen and oxygen atoms in total. The predicted molar refractivity (Wildman–Crippen MR) is 409 cm³/mol. The molecule has 0 saturated carbocycles. The minimum Gasteiger partial charge on any atom is -0.462 e. The van der Waals surface area contributed by atoms with Gasteiger partial charge >= 0.3 is 39.5 Å². The number of rotatable bonds is 77. The highest BCUT2D eigenvalue weighted by atomic mass is 31.2. The van der Waals surface area contributed by atoms with Crippen LogP contribution in [0.15, 0.2) is 24.3 Å². The lowest BCUT2D eigenvalue weighted by Gasteiger charge is -2.21. The number of hydrogen-bond acceptors (Lipinski definition) is 15. The molecule has 0 aliphatic heterocycles. The Kier molecular flexibility index (Phi) is 69.1. The Hall–Kier alpha value is -2.46. The van der Waals surface area contributed by atoms with Crippen LogP contribution in [0.3, 0.4) is 0 Å². The van der Waals surface area contributed by atoms with E-state index < -0.39 is 97.5 Å². The number of carbonyl (C=O) groups excluding carboxylic acids is 4. The van der Waals surface area contributed by atoms with Crippen LogP contribution in [0.4, 0.5) is 0 Å². The van der Waals surface area contributed by atoms with Gasteiger partial charge in [-0.25, -0.2) is 9.13 Å². The second-order valence-corrected chi connectivity index (χ2v) is 32.6. The lowest BCUT2D eigenvalue weighted by Crippen LogP contribution is -2.30. The summed E-state index contributed by atoms with van der Waals surface area (Å²) in [5.41, 5.74) is 0. The van der Waals surface area contributed by atoms with Gasteiger partial charge in [0.2, 0.25) is 0 Å². The van der Waals surface area contributed by atoms with E-state index in [0.717, 1.165) is 133 Å². The number of unbranched alkanes of at least 4 members (excludes halogenated alkanes) is 41. The van der Waals surface area contributed by atoms with Gasteiger partial charge in [0, 0.05) is 25.7 Å². The van der Waals surface area contributed by atoms with Gasteiger partial charge in [-0.15, -0.1) is 0 Å². The molecule has 0 heterocycles. The zero-order chi connectivity index (χ0) is 73.7. The third-order valence-corrected chi connectivity index (χ3v) is 20.5. The number of phosphoric acid groups is 2. The van der Waals surface area contributed by atoms with Crippen molar-refractivity contribution in [1.82, 2.24) is 0 Å². The predicted octanol–water partition coefficient (Wildman–Crippen LogP) is 23.7. The Balaban J connectivity index is 5.28. The number of phosphoric ester groups is 2. The lowest BCUT2D eigenvalue weighted by atomic mass is 10.00. The van der Waals surface area contributed by atoms with Crippen molar-refractivity contribution in [2.75, 3.05) is 39.6 Å². The molecule has 6 atom stereocenters. The third-order valence-electron chi connectivity index (χ3n) is 18.6. The number of aliphatic hydroxyl groups excluding tert-OH is 1. The highest BCUT2D eigenvalue weighted by molar-refractivity contribution is 7.47. The van der Waals surface area contributed by atoms with Crippen LogP contribution < -0.4 is 0 Å². The molecule has 0 aliphatic rings. The number of aliphatic hydroxyl groups is 1. The first kappa shape index (κ1) is 97.5. The average molecular weight is 1460 g/mol. The second-order valence-electron chi connectivity index (χ2n) is 29.7. The van der Waals surface area contributed by atoms with Crippen LogP contribution in [0.25, 0.3) is 0 Å². The van der Waals surface area contributed by atoms with E-state index in [0.29, 0.717) is 25.7 Å². The molecular formula is C81H154O17P2. The largest absolute Gasteiger partial charge is 0.472 e. The van der Waals surface area contributed by atoms with Gasteiger partial charge in [-0.3, -0.25) is 37.3 Å². The molecule has 0 bridgehead atoms. The molecule has 100 heavy (non-hydrogen) atoms. The van der Waals surface area contributed by atoms with Gasteiger partial charge in [0.25, 0.3) is 0 Å². The van der Waals surface area contributed by atoms with Crippen LogP contribution in [-0.4, -0.2) is 96.7 Å². The summed E-state index contributed by atoms with van der Waals surface area (Å²) in [4.78, 5) is 73.0. The molecule has 590 valence electrons. The van der Waals surface area contributed by atoms with E-state index >= 15 is 0 Å². The molecule has 0 aromatic rings. The van der Waals surface area contributed by atoms with Gasteiger partial charge in [0.1, 0.15) is 19.3 Å². The normalized spacial score (nSPS) is 14.4. The monoisotopic (exact) mass is 1460 g/mol. The molecule has 0 aliphatic carbocycles. The molecule has 0 amide bonds. The van der Waals surface area contributed by atoms with Gasteiger partial charge in [-0.1, -0.05) is 342 Å². The molecule has 0 fully saturated rings. The van der Waals surface area contributed by atoms with E-state index in [9.17, 15) is 43.2 Å². The molecule has 0 aromatic carbocycles. The van der Waals surface area contributed by atoms with Gasteiger partial charge in [0.15, 0.2) is 12.2 Å². The van der Waals surface area contributed by atoms with Crippen molar-refractivity contribution < 1.29 is 80.2 Å². The first-order valence-corrected chi connectivity index (χ1v) is 44.2. The van der Waals surface area contributed by atoms with Crippen molar-refractivity contribution in [3.05, 3.63) is 24.3 Å². The summed E-state index contributed by atoms with van der Waals surface area (Å²) in [7, 11) is -9.93. The van der Waals surface area contributed by atoms with Crippen molar-refractivity contribution in [1.29, 1.82) is 0 Å². The van der Waals surface area contributed by atoms with Gasteiger partial charge in [-0.05, 0) is 69.1 Å². The van der Waals surface area contributed by atoms with Crippen molar-refractivity contribution in [2.45, 2.75) is 414 Å². The minimum absolute atomic E-state index is 0.101. The van der Waals surface area contributed by atoms with Crippen molar-refractivity contribution >= 4 is 39.5 Å². The summed E-state index contributed by atoms with van der Waals surface area (Å²) in [5.74, 6) is 0.181. The second kappa shape index (κ2) is 70.8. The van der Waals surface area contributed by atoms with Crippen molar-refractivity contribution in [3.63, 3.8) is 0 Å². The zero-order valence-corrected chi connectivity index (χ0v) is 66.9. The number of allylic oxidation sites excluding steroid dienone is 4. The van der Waals surface area contributed by atoms with Crippen LogP contribution in [-0.2, 0) is 65.4 Å². The summed E-state index contributed by atoms with van der Waals surface area (Å²) in [6, 6.07) is 0. The lowest BCUT2D eigenvalue weighted by molar-refractivity contribution is -0.161. The topological polar surface area (TPSA) is 237 Å². The summed E-state index contributed by atoms with van der Waals surface area (Å²) in [5, 5.41) is 10.6. The Labute approximate surface area is 612 Å². The van der Waals surface area contributed by atoms with E-state index in [4.69, 9.17) is 37.0 Å². The summed E-state index contributed by atoms with van der Waals surface area (Å²) < 4.78 is 68.7. The number of carbonyl (C=O) groups is 4. The molecule has 3 N–H and O–H groups in total. The molecule has 19 heteroatoms. The zero-order valence-electron chi connectivity index (χ0n) is 65.2. The third kappa shape index (κ3) is 72.5. The molecule has 0 spiro atoms. The summed E-state index contributed by atoms with van der Waals surface area (Å²) in [6.45, 7) is 11.9. The van der Waals surface area contributed by atoms with Crippen molar-refractivity contribution in [3.8, 4) is 0 Å².